The molecule has 0 bridgehead atoms. The Balaban J connectivity index is 1.55. The molecule has 0 spiro atoms. The first-order valence-electron chi connectivity index (χ1n) is 11.0. The SMILES string of the molecule is CC(=O)O[C@@H]1[C@@H](n2cc(-c3cccc(F)c3)nn2)[C@H]2OC(c3ccccc3)OC[C@H]2O[C@H]1C(=O)O. The van der Waals surface area contributed by atoms with Gasteiger partial charge in [0.2, 0.25) is 0 Å². The van der Waals surface area contributed by atoms with Crippen LogP contribution in [0.1, 0.15) is 24.8 Å². The summed E-state index contributed by atoms with van der Waals surface area (Å²) in [5.41, 5.74) is 1.59. The number of ether oxygens (including phenoxy) is 4. The van der Waals surface area contributed by atoms with Gasteiger partial charge in [-0.2, -0.15) is 0 Å². The smallest absolute Gasteiger partial charge is 0.336 e. The summed E-state index contributed by atoms with van der Waals surface area (Å²) >= 11 is 0. The van der Waals surface area contributed by atoms with E-state index in [0.29, 0.717) is 11.3 Å². The number of halogens is 1. The first kappa shape index (κ1) is 23.1. The molecule has 182 valence electrons. The Morgan fingerprint density at radius 2 is 1.94 bits per heavy atom. The van der Waals surface area contributed by atoms with Gasteiger partial charge >= 0.3 is 11.9 Å². The molecule has 3 heterocycles. The highest BCUT2D eigenvalue weighted by Gasteiger charge is 2.55. The summed E-state index contributed by atoms with van der Waals surface area (Å²) in [5, 5.41) is 18.1. The number of nitrogens with zero attached hydrogens (tertiary/aromatic N) is 3. The third-order valence-electron chi connectivity index (χ3n) is 5.91. The van der Waals surface area contributed by atoms with Gasteiger partial charge in [-0.25, -0.2) is 13.9 Å². The molecule has 3 aromatic rings. The molecule has 6 atom stereocenters. The molecule has 10 nitrogen and oxygen atoms in total. The maximum atomic E-state index is 13.8. The van der Waals surface area contributed by atoms with E-state index in [-0.39, 0.29) is 6.61 Å². The van der Waals surface area contributed by atoms with Crippen molar-refractivity contribution in [3.63, 3.8) is 0 Å². The summed E-state index contributed by atoms with van der Waals surface area (Å²) < 4.78 is 38.4. The fourth-order valence-electron chi connectivity index (χ4n) is 4.41. The molecule has 1 unspecified atom stereocenters. The number of hydrogen-bond acceptors (Lipinski definition) is 8. The fourth-order valence-corrected chi connectivity index (χ4v) is 4.41. The van der Waals surface area contributed by atoms with Crippen molar-refractivity contribution in [3.05, 3.63) is 72.2 Å². The van der Waals surface area contributed by atoms with E-state index in [9.17, 15) is 19.1 Å². The molecule has 35 heavy (non-hydrogen) atoms. The van der Waals surface area contributed by atoms with Crippen LogP contribution in [0.2, 0.25) is 0 Å². The van der Waals surface area contributed by atoms with Crippen molar-refractivity contribution in [2.24, 2.45) is 0 Å². The van der Waals surface area contributed by atoms with E-state index in [0.717, 1.165) is 5.56 Å². The second kappa shape index (κ2) is 9.53. The van der Waals surface area contributed by atoms with Crippen molar-refractivity contribution in [2.45, 2.75) is 43.7 Å². The van der Waals surface area contributed by atoms with Gasteiger partial charge in [-0.05, 0) is 12.1 Å². The third kappa shape index (κ3) is 4.65. The highest BCUT2D eigenvalue weighted by atomic mass is 19.1. The summed E-state index contributed by atoms with van der Waals surface area (Å²) in [6, 6.07) is 14.1. The van der Waals surface area contributed by atoms with Crippen LogP contribution in [0.3, 0.4) is 0 Å². The summed E-state index contributed by atoms with van der Waals surface area (Å²) in [6.07, 6.45) is -3.57. The minimum absolute atomic E-state index is 0.0444. The lowest BCUT2D eigenvalue weighted by molar-refractivity contribution is -0.315. The van der Waals surface area contributed by atoms with Crippen LogP contribution in [0.25, 0.3) is 11.3 Å². The Labute approximate surface area is 199 Å². The van der Waals surface area contributed by atoms with Gasteiger partial charge in [0.05, 0.1) is 12.8 Å². The number of rotatable bonds is 5. The standard InChI is InChI=1S/C24H22FN3O7/c1-13(29)33-21-19(28-11-17(26-27-28)15-8-5-9-16(25)10-15)20-18(34-22(21)23(30)31)12-32-24(35-20)14-6-3-2-4-7-14/h2-11,18-22,24H,12H2,1H3,(H,30,31)/t18-,19+,20+,21-,22-,24?/m1/s1. The molecule has 1 aromatic heterocycles. The van der Waals surface area contributed by atoms with Gasteiger partial charge in [0.1, 0.15) is 29.8 Å². The van der Waals surface area contributed by atoms with Crippen LogP contribution in [0.15, 0.2) is 60.8 Å². The monoisotopic (exact) mass is 483 g/mol. The van der Waals surface area contributed by atoms with Gasteiger partial charge in [-0.1, -0.05) is 47.7 Å². The van der Waals surface area contributed by atoms with Gasteiger partial charge in [-0.3, -0.25) is 4.79 Å². The van der Waals surface area contributed by atoms with E-state index < -0.39 is 54.5 Å². The summed E-state index contributed by atoms with van der Waals surface area (Å²) in [6.45, 7) is 1.22. The molecule has 2 aliphatic rings. The number of esters is 1. The van der Waals surface area contributed by atoms with Gasteiger partial charge in [0.25, 0.3) is 0 Å². The average molecular weight is 483 g/mol. The molecule has 0 amide bonds. The molecule has 2 fully saturated rings. The lowest BCUT2D eigenvalue weighted by atomic mass is 9.91. The molecular formula is C24H22FN3O7. The molecule has 2 saturated heterocycles. The second-order valence-electron chi connectivity index (χ2n) is 8.27. The van der Waals surface area contributed by atoms with E-state index in [1.807, 2.05) is 30.3 Å². The van der Waals surface area contributed by atoms with E-state index in [1.54, 1.807) is 12.1 Å². The highest BCUT2D eigenvalue weighted by molar-refractivity contribution is 5.75. The summed E-state index contributed by atoms with van der Waals surface area (Å²) in [5.74, 6) is -2.44. The number of benzene rings is 2. The van der Waals surface area contributed by atoms with Crippen LogP contribution in [0.5, 0.6) is 0 Å². The van der Waals surface area contributed by atoms with Gasteiger partial charge in [0, 0.05) is 18.1 Å². The largest absolute Gasteiger partial charge is 0.479 e. The van der Waals surface area contributed by atoms with Crippen LogP contribution < -0.4 is 0 Å². The summed E-state index contributed by atoms with van der Waals surface area (Å²) in [4.78, 5) is 24.0. The van der Waals surface area contributed by atoms with E-state index >= 15 is 0 Å². The van der Waals surface area contributed by atoms with Crippen molar-refractivity contribution < 1.29 is 38.0 Å². The lowest BCUT2D eigenvalue weighted by Gasteiger charge is -2.47. The molecule has 2 aromatic carbocycles. The maximum Gasteiger partial charge on any atom is 0.336 e. The molecule has 0 aliphatic carbocycles. The number of carboxylic acids is 1. The maximum absolute atomic E-state index is 13.8. The first-order chi connectivity index (χ1) is 16.9. The fraction of sp³-hybridized carbons (Fsp3) is 0.333. The van der Waals surface area contributed by atoms with Crippen LogP contribution in [0.4, 0.5) is 4.39 Å². The first-order valence-corrected chi connectivity index (χ1v) is 11.0. The predicted molar refractivity (Wildman–Crippen MR) is 116 cm³/mol. The quantitative estimate of drug-likeness (QED) is 0.546. The van der Waals surface area contributed by atoms with Gasteiger partial charge in [-0.15, -0.1) is 5.10 Å². The topological polar surface area (TPSA) is 122 Å². The number of hydrogen-bond donors (Lipinski definition) is 1. The zero-order chi connectivity index (χ0) is 24.5. The van der Waals surface area contributed by atoms with Crippen LogP contribution >= 0.6 is 0 Å². The molecule has 2 aliphatic heterocycles. The van der Waals surface area contributed by atoms with Crippen LogP contribution in [0, 0.1) is 5.82 Å². The zero-order valence-electron chi connectivity index (χ0n) is 18.6. The Kier molecular flexibility index (Phi) is 6.29. The Hall–Kier alpha value is -3.67. The van der Waals surface area contributed by atoms with Crippen molar-refractivity contribution in [3.8, 4) is 11.3 Å². The van der Waals surface area contributed by atoms with E-state index in [4.69, 9.17) is 18.9 Å². The van der Waals surface area contributed by atoms with Gasteiger partial charge < -0.3 is 24.1 Å². The molecule has 1 N–H and O–H groups in total. The van der Waals surface area contributed by atoms with Gasteiger partial charge in [0.15, 0.2) is 18.5 Å². The molecule has 5 rings (SSSR count). The normalized spacial score (nSPS) is 28.2. The van der Waals surface area contributed by atoms with Crippen LogP contribution in [-0.2, 0) is 28.5 Å². The van der Waals surface area contributed by atoms with Crippen molar-refractivity contribution in [1.29, 1.82) is 0 Å². The second-order valence-corrected chi connectivity index (χ2v) is 8.27. The van der Waals surface area contributed by atoms with Crippen molar-refractivity contribution in [1.82, 2.24) is 15.0 Å². The predicted octanol–water partition coefficient (Wildman–Crippen LogP) is 2.52. The van der Waals surface area contributed by atoms with E-state index in [2.05, 4.69) is 10.3 Å². The number of carbonyl (C=O) groups excluding carboxylic acids is 1. The number of aromatic nitrogens is 3. The number of carboxylic acid groups (broad SMARTS) is 1. The third-order valence-corrected chi connectivity index (χ3v) is 5.91. The summed E-state index contributed by atoms with van der Waals surface area (Å²) in [7, 11) is 0. The van der Waals surface area contributed by atoms with Crippen molar-refractivity contribution in [2.75, 3.05) is 6.61 Å². The molecule has 0 radical (unpaired) electrons. The van der Waals surface area contributed by atoms with E-state index in [1.165, 1.54) is 29.9 Å². The molecular weight excluding hydrogens is 461 g/mol. The Morgan fingerprint density at radius 3 is 2.66 bits per heavy atom. The molecule has 11 heteroatoms. The Morgan fingerprint density at radius 1 is 1.14 bits per heavy atom. The number of aliphatic carboxylic acids is 1. The Bertz CT molecular complexity index is 1220. The minimum atomic E-state index is -1.49. The van der Waals surface area contributed by atoms with Crippen molar-refractivity contribution >= 4 is 11.9 Å². The average Bonchev–Trinajstić information content (AvgIpc) is 3.33. The highest BCUT2D eigenvalue weighted by Crippen LogP contribution is 2.40. The molecule has 0 saturated carbocycles. The lowest BCUT2D eigenvalue weighted by Crippen LogP contribution is -2.62. The zero-order valence-corrected chi connectivity index (χ0v) is 18.6. The number of carbonyl (C=O) groups is 2. The number of fused-ring (bicyclic) bond motifs is 1. The minimum Gasteiger partial charge on any atom is -0.479 e. The van der Waals surface area contributed by atoms with Crippen LogP contribution in [-0.4, -0.2) is 63.1 Å².